The minimum atomic E-state index is -2.45. The molecule has 1 saturated heterocycles. The summed E-state index contributed by atoms with van der Waals surface area (Å²) in [6, 6.07) is 35.6. The predicted molar refractivity (Wildman–Crippen MR) is 553 cm³/mol. The Morgan fingerprint density at radius 2 is 0.759 bits per heavy atom. The van der Waals surface area contributed by atoms with Crippen molar-refractivity contribution in [3.8, 4) is 55.0 Å². The topological polar surface area (TPSA) is 255 Å². The molecule has 0 unspecified atom stereocenters. The molecule has 1 aliphatic heterocycles. The van der Waals surface area contributed by atoms with Gasteiger partial charge in [-0.2, -0.15) is 0 Å². The zero-order valence-electron chi connectivity index (χ0n) is 78.6. The van der Waals surface area contributed by atoms with Crippen LogP contribution in [0.5, 0.6) is 0 Å². The van der Waals surface area contributed by atoms with Crippen LogP contribution >= 0.6 is 131 Å². The van der Waals surface area contributed by atoms with Crippen molar-refractivity contribution in [3.05, 3.63) is 213 Å². The number of unbranched alkanes of at least 4 members (excludes halogenated alkanes) is 3. The number of hydrogen-bond donors (Lipinski definition) is 0. The second kappa shape index (κ2) is 49.8. The van der Waals surface area contributed by atoms with E-state index in [1.807, 2.05) is 186 Å². The molecule has 1 fully saturated rings. The van der Waals surface area contributed by atoms with Gasteiger partial charge in [-0.3, -0.25) is 0 Å². The summed E-state index contributed by atoms with van der Waals surface area (Å²) in [4.78, 5) is 93.2. The Bertz CT molecular complexity index is 6060. The van der Waals surface area contributed by atoms with Gasteiger partial charge >= 0.3 is 152 Å². The Balaban J connectivity index is 0.000000183. The molecular formula is C99H115BrCl7N13O9S3Sn. The largest absolute Gasteiger partial charge is 0.464 e. The zero-order valence-corrected chi connectivity index (χ0v) is 90.7. The molecule has 0 amide bonds. The van der Waals surface area contributed by atoms with Gasteiger partial charge in [0.25, 0.3) is 0 Å². The van der Waals surface area contributed by atoms with Crippen LogP contribution in [0.1, 0.15) is 194 Å². The smallest absolute Gasteiger partial charge is 0.339 e. The average Bonchev–Trinajstić information content (AvgIpc) is 1.65. The number of nitrogens with zero attached hydrogens (tertiary/aromatic N) is 13. The number of carbonyl (C=O) groups excluding carboxylic acids is 3. The van der Waals surface area contributed by atoms with Gasteiger partial charge in [-0.25, -0.2) is 59.2 Å². The van der Waals surface area contributed by atoms with Gasteiger partial charge in [-0.15, -0.1) is 34.0 Å². The van der Waals surface area contributed by atoms with Crippen molar-refractivity contribution in [1.82, 2.24) is 59.7 Å². The molecular weight excluding hydrogens is 2060 g/mol. The predicted octanol–water partition coefficient (Wildman–Crippen LogP) is 28.1. The van der Waals surface area contributed by atoms with E-state index in [1.165, 1.54) is 95.9 Å². The van der Waals surface area contributed by atoms with E-state index in [2.05, 4.69) is 93.4 Å². The molecule has 0 bridgehead atoms. The minimum Gasteiger partial charge on any atom is -0.464 e. The van der Waals surface area contributed by atoms with Gasteiger partial charge in [0.2, 0.25) is 5.28 Å². The second-order valence-electron chi connectivity index (χ2n) is 34.8. The van der Waals surface area contributed by atoms with Crippen molar-refractivity contribution in [2.45, 2.75) is 212 Å². The van der Waals surface area contributed by atoms with E-state index in [1.54, 1.807) is 51.4 Å². The molecule has 0 saturated carbocycles. The van der Waals surface area contributed by atoms with Crippen LogP contribution in [0.15, 0.2) is 144 Å². The first-order chi connectivity index (χ1) is 63.2. The molecule has 6 aromatic carbocycles. The number of esters is 3. The summed E-state index contributed by atoms with van der Waals surface area (Å²) in [6.07, 6.45) is 11.9. The molecule has 0 spiro atoms. The quantitative estimate of drug-likeness (QED) is 0.0145. The van der Waals surface area contributed by atoms with Gasteiger partial charge in [0.15, 0.2) is 43.9 Å². The summed E-state index contributed by atoms with van der Waals surface area (Å²) < 4.78 is 44.2. The second-order valence-corrected chi connectivity index (χ2v) is 54.7. The molecule has 0 N–H and O–H groups in total. The van der Waals surface area contributed by atoms with E-state index in [9.17, 15) is 14.4 Å². The number of carbonyl (C=O) groups is 3. The molecule has 13 aromatic rings. The third kappa shape index (κ3) is 30.1. The Morgan fingerprint density at radius 3 is 1.10 bits per heavy atom. The maximum Gasteiger partial charge on any atom is 0.339 e. The maximum absolute atomic E-state index is 13.4. The normalized spacial score (nSPS) is 13.2. The summed E-state index contributed by atoms with van der Waals surface area (Å²) in [6.45, 7) is 40.1. The first-order valence-electron chi connectivity index (χ1n) is 44.4. The molecule has 7 aromatic heterocycles. The number of thiazole rings is 3. The summed E-state index contributed by atoms with van der Waals surface area (Å²) in [5, 5.41) is 4.74. The van der Waals surface area contributed by atoms with Crippen molar-refractivity contribution in [2.75, 3.05) is 57.9 Å². The average molecular weight is 2170 g/mol. The van der Waals surface area contributed by atoms with Crippen LogP contribution in [0.2, 0.25) is 49.1 Å². The van der Waals surface area contributed by atoms with Gasteiger partial charge in [-0.1, -0.05) is 94.4 Å². The fraction of sp³-hybridized carbons (Fsp3) is 0.414. The summed E-state index contributed by atoms with van der Waals surface area (Å²) in [5.74, 6) is 0.655. The number of rotatable bonds is 28. The third-order valence-corrected chi connectivity index (χ3v) is 40.9. The van der Waals surface area contributed by atoms with Crippen LogP contribution in [0.4, 0.5) is 5.82 Å². The number of aryl methyl sites for hydroxylation is 3. The van der Waals surface area contributed by atoms with E-state index in [0.29, 0.717) is 52.2 Å². The van der Waals surface area contributed by atoms with E-state index in [4.69, 9.17) is 125 Å². The Hall–Kier alpha value is -7.33. The molecule has 8 heterocycles. The van der Waals surface area contributed by atoms with Gasteiger partial charge in [0, 0.05) is 93.2 Å². The zero-order chi connectivity index (χ0) is 96.8. The SMILES string of the molecule is CCC[CH2][Sn]([CH2]CCC)([CH2]CCC)[c]1nccc(Cl)n1.CCOC(=O)[C@@H](OC(C)(C)C)c1c(C)cc2nc(-c3nccc(Cl)n3)sc2c1-c1ccc(Cl)cc1.CCOC(=O)[C@@H](OC(C)(C)C)c1c(C)cc2nc(-c3nccc(N4CCN(C)CC4)n3)sc2c1-c1ccc(Cl)cc1.CCOC(=O)[C@@H](OC(C)(C)C)c1c(C)cc2nc(Br)sc2c1-c1ccc(Cl)cc1.Clc1ccnc(Cl)n1. The first kappa shape index (κ1) is 108. The van der Waals surface area contributed by atoms with Crippen LogP contribution < -0.4 is 8.74 Å². The van der Waals surface area contributed by atoms with Crippen LogP contribution in [0.25, 0.3) is 85.7 Å². The summed E-state index contributed by atoms with van der Waals surface area (Å²) in [5.41, 5.74) is 11.0. The van der Waals surface area contributed by atoms with Crippen molar-refractivity contribution in [1.29, 1.82) is 0 Å². The number of hydrogen-bond acceptors (Lipinski definition) is 25. The van der Waals surface area contributed by atoms with Gasteiger partial charge in [0.1, 0.15) is 16.1 Å². The molecule has 1 aliphatic rings. The maximum atomic E-state index is 13.4. The van der Waals surface area contributed by atoms with Crippen molar-refractivity contribution < 1.29 is 42.8 Å². The number of anilines is 1. The first-order valence-corrected chi connectivity index (χ1v) is 57.7. The Morgan fingerprint density at radius 1 is 0.421 bits per heavy atom. The molecule has 34 heteroatoms. The minimum absolute atomic E-state index is 0.178. The van der Waals surface area contributed by atoms with E-state index in [-0.39, 0.29) is 25.1 Å². The molecule has 14 rings (SSSR count). The van der Waals surface area contributed by atoms with Gasteiger partial charge < -0.3 is 38.2 Å². The summed E-state index contributed by atoms with van der Waals surface area (Å²) >= 11 is 47.1. The van der Waals surface area contributed by atoms with Crippen molar-refractivity contribution in [3.63, 3.8) is 0 Å². The van der Waals surface area contributed by atoms with Crippen LogP contribution in [0, 0.1) is 20.8 Å². The Kier molecular flexibility index (Phi) is 40.3. The van der Waals surface area contributed by atoms with Crippen molar-refractivity contribution >= 4 is 208 Å². The van der Waals surface area contributed by atoms with Crippen LogP contribution in [-0.4, -0.2) is 166 Å². The Labute approximate surface area is 840 Å². The van der Waals surface area contributed by atoms with E-state index in [0.717, 1.165) is 133 Å². The third-order valence-electron chi connectivity index (χ3n) is 21.0. The number of aromatic nitrogens is 11. The molecule has 0 radical (unpaired) electrons. The van der Waals surface area contributed by atoms with E-state index < -0.39 is 71.4 Å². The number of piperazine rings is 1. The fourth-order valence-corrected chi connectivity index (χ4v) is 34.9. The molecule has 133 heavy (non-hydrogen) atoms. The molecule has 0 aliphatic carbocycles. The number of ether oxygens (including phenoxy) is 6. The van der Waals surface area contributed by atoms with Gasteiger partial charge in [0.05, 0.1) is 67.3 Å². The monoisotopic (exact) mass is 2170 g/mol. The van der Waals surface area contributed by atoms with Crippen molar-refractivity contribution in [2.24, 2.45) is 0 Å². The van der Waals surface area contributed by atoms with Gasteiger partial charge in [-0.05, 0) is 245 Å². The fourth-order valence-electron chi connectivity index (χ4n) is 15.2. The van der Waals surface area contributed by atoms with Crippen LogP contribution in [-0.2, 0) is 42.8 Å². The standard InChI is InChI=1S/C31H36ClN5O3S.C26H25Cl2N3O3S.C22H23BrClNO3S.C4H2Cl2N2.C4H2ClN2.3C4H9.Sn/c1-7-39-30(38)26(40-31(3,4)5)24-19(2)18-22-27(25(24)20-8-10-21(32)11-9-20)41-29(34-22)28-33-13-12-23(35-28)37-16-14-36(6)15-17-37;1-6-33-25(32)21(34-26(3,4)5)19-14(2)13-17-22(20(19)15-7-9-16(27)10-8-15)35-24(30-17)23-29-12-11-18(28)31-23;1-6-27-20(26)18(28-22(3,4)5)16-12(2)11-15-19(29-21(23)25-15)17(16)13-7-9-14(24)10-8-13;5-3-1-2-7-4(6)8-3;5-4-1-2-6-3-7-4;3*1-3-4-2;/h8-13,18,26H,7,14-17H2,1-6H3;7-13,21H,6H2,1-5H3;7-11,18H,6H2,1-5H3;1-2H;1-2H;3*1,3-4H2,2H3;/t26-;21-;18-;;;;;;/m000....../s1. The molecule has 3 atom stereocenters. The molecule has 708 valence electrons. The number of likely N-dealkylation sites (N-methyl/N-ethyl adjacent to an activating group) is 1. The summed E-state index contributed by atoms with van der Waals surface area (Å²) in [7, 11) is 2.14. The number of fused-ring (bicyclic) bond motifs is 3. The van der Waals surface area contributed by atoms with Crippen LogP contribution in [0.3, 0.4) is 0 Å². The number of halogens is 8. The van der Waals surface area contributed by atoms with E-state index >= 15 is 0 Å². The molecule has 22 nitrogen and oxygen atoms in total. The number of benzene rings is 6.